The summed E-state index contributed by atoms with van der Waals surface area (Å²) in [7, 11) is 1.66. The minimum Gasteiger partial charge on any atom is -0.313 e. The van der Waals surface area contributed by atoms with Crippen LogP contribution in [0.1, 0.15) is 5.56 Å². The summed E-state index contributed by atoms with van der Waals surface area (Å²) in [6, 6.07) is 9.09. The summed E-state index contributed by atoms with van der Waals surface area (Å²) >= 11 is 0. The topological polar surface area (TPSA) is 56.1 Å². The molecular weight excluding hydrogens is 214 g/mol. The van der Waals surface area contributed by atoms with E-state index < -0.39 is 0 Å². The lowest BCUT2D eigenvalue weighted by atomic mass is 10.2. The molecule has 1 aromatic carbocycles. The number of nitriles is 1. The molecule has 1 aromatic rings. The smallest absolute Gasteiger partial charge is 0.240 e. The maximum Gasteiger partial charge on any atom is 0.240 e. The number of nitrogens with zero attached hydrogens (tertiary/aromatic N) is 2. The Kier molecular flexibility index (Phi) is 4.92. The van der Waals surface area contributed by atoms with Gasteiger partial charge in [0.05, 0.1) is 17.8 Å². The first-order chi connectivity index (χ1) is 8.20. The number of hydrogen-bond acceptors (Lipinski definition) is 3. The van der Waals surface area contributed by atoms with Crippen molar-refractivity contribution in [3.63, 3.8) is 0 Å². The van der Waals surface area contributed by atoms with Gasteiger partial charge in [-0.3, -0.25) is 4.79 Å². The van der Waals surface area contributed by atoms with Gasteiger partial charge in [-0.25, -0.2) is 0 Å². The zero-order valence-electron chi connectivity index (χ0n) is 9.81. The van der Waals surface area contributed by atoms with Gasteiger partial charge in [-0.2, -0.15) is 5.26 Å². The molecule has 1 rings (SSSR count). The van der Waals surface area contributed by atoms with Crippen molar-refractivity contribution < 1.29 is 4.79 Å². The Hall–Kier alpha value is -2.12. The zero-order chi connectivity index (χ0) is 12.7. The highest BCUT2D eigenvalue weighted by Crippen LogP contribution is 2.17. The molecule has 0 saturated heterocycles. The lowest BCUT2D eigenvalue weighted by Gasteiger charge is -2.18. The van der Waals surface area contributed by atoms with Crippen LogP contribution < -0.4 is 10.2 Å². The van der Waals surface area contributed by atoms with Gasteiger partial charge >= 0.3 is 0 Å². The predicted octanol–water partition coefficient (Wildman–Crippen LogP) is 1.30. The normalized spacial score (nSPS) is 9.41. The summed E-state index contributed by atoms with van der Waals surface area (Å²) in [5.74, 6) is -0.0884. The van der Waals surface area contributed by atoms with Crippen molar-refractivity contribution in [2.75, 3.05) is 25.0 Å². The number of amides is 1. The van der Waals surface area contributed by atoms with Crippen LogP contribution in [0, 0.1) is 11.3 Å². The van der Waals surface area contributed by atoms with Crippen LogP contribution in [0.25, 0.3) is 0 Å². The first-order valence-corrected chi connectivity index (χ1v) is 5.28. The molecule has 0 saturated carbocycles. The summed E-state index contributed by atoms with van der Waals surface area (Å²) in [5.41, 5.74) is 1.12. The molecule has 0 bridgehead atoms. The molecular formula is C13H15N3O. The van der Waals surface area contributed by atoms with Crippen LogP contribution in [0.15, 0.2) is 36.9 Å². The summed E-state index contributed by atoms with van der Waals surface area (Å²) in [4.78, 5) is 13.3. The summed E-state index contributed by atoms with van der Waals surface area (Å²) in [6.45, 7) is 4.36. The lowest BCUT2D eigenvalue weighted by Crippen LogP contribution is -2.35. The number of para-hydroxylation sites is 1. The Labute approximate surface area is 101 Å². The van der Waals surface area contributed by atoms with Gasteiger partial charge in [0.2, 0.25) is 5.91 Å². The Morgan fingerprint density at radius 2 is 2.29 bits per heavy atom. The van der Waals surface area contributed by atoms with Crippen molar-refractivity contribution in [3.05, 3.63) is 42.5 Å². The number of anilines is 1. The quantitative estimate of drug-likeness (QED) is 0.611. The Morgan fingerprint density at radius 1 is 1.59 bits per heavy atom. The fourth-order valence-electron chi connectivity index (χ4n) is 1.39. The summed E-state index contributed by atoms with van der Waals surface area (Å²) < 4.78 is 0. The third kappa shape index (κ3) is 3.44. The van der Waals surface area contributed by atoms with Crippen LogP contribution in [0.5, 0.6) is 0 Å². The standard InChI is InChI=1S/C13H15N3O/c1-3-8-15-10-13(17)16(2)12-7-5-4-6-11(12)9-14/h3-7,15H,1,8,10H2,2H3. The molecule has 0 spiro atoms. The van der Waals surface area contributed by atoms with Crippen LogP contribution in [0.2, 0.25) is 0 Å². The number of carbonyl (C=O) groups is 1. The van der Waals surface area contributed by atoms with Gasteiger partial charge in [0.15, 0.2) is 0 Å². The van der Waals surface area contributed by atoms with Crippen LogP contribution in [0.3, 0.4) is 0 Å². The van der Waals surface area contributed by atoms with Gasteiger partial charge in [0.1, 0.15) is 6.07 Å². The van der Waals surface area contributed by atoms with Crippen LogP contribution in [0.4, 0.5) is 5.69 Å². The fraction of sp³-hybridized carbons (Fsp3) is 0.231. The Morgan fingerprint density at radius 3 is 2.94 bits per heavy atom. The van der Waals surface area contributed by atoms with Gasteiger partial charge in [-0.1, -0.05) is 18.2 Å². The van der Waals surface area contributed by atoms with Crippen molar-refractivity contribution in [1.82, 2.24) is 5.32 Å². The SMILES string of the molecule is C=CCNCC(=O)N(C)c1ccccc1C#N. The van der Waals surface area contributed by atoms with Crippen molar-refractivity contribution in [2.45, 2.75) is 0 Å². The number of hydrogen-bond donors (Lipinski definition) is 1. The number of carbonyl (C=O) groups excluding carboxylic acids is 1. The second-order valence-corrected chi connectivity index (χ2v) is 3.50. The van der Waals surface area contributed by atoms with E-state index in [2.05, 4.69) is 18.0 Å². The first kappa shape index (κ1) is 12.9. The van der Waals surface area contributed by atoms with Crippen molar-refractivity contribution in [1.29, 1.82) is 5.26 Å². The molecule has 0 aliphatic carbocycles. The average Bonchev–Trinajstić information content (AvgIpc) is 2.38. The van der Waals surface area contributed by atoms with Gasteiger partial charge in [0.25, 0.3) is 0 Å². The highest BCUT2D eigenvalue weighted by Gasteiger charge is 2.13. The molecule has 0 aliphatic rings. The highest BCUT2D eigenvalue weighted by molar-refractivity contribution is 5.95. The fourth-order valence-corrected chi connectivity index (χ4v) is 1.39. The number of likely N-dealkylation sites (N-methyl/N-ethyl adjacent to an activating group) is 1. The summed E-state index contributed by atoms with van der Waals surface area (Å²) in [5, 5.41) is 11.9. The maximum absolute atomic E-state index is 11.8. The van der Waals surface area contributed by atoms with Crippen LogP contribution >= 0.6 is 0 Å². The molecule has 0 aromatic heterocycles. The monoisotopic (exact) mass is 229 g/mol. The van der Waals surface area contributed by atoms with E-state index in [0.29, 0.717) is 17.8 Å². The van der Waals surface area contributed by atoms with E-state index in [1.165, 1.54) is 4.90 Å². The largest absolute Gasteiger partial charge is 0.313 e. The number of nitrogens with one attached hydrogen (secondary N) is 1. The maximum atomic E-state index is 11.8. The van der Waals surface area contributed by atoms with Gasteiger partial charge in [0, 0.05) is 13.6 Å². The average molecular weight is 229 g/mol. The molecule has 0 aliphatic heterocycles. The molecule has 0 atom stereocenters. The van der Waals surface area contributed by atoms with E-state index in [-0.39, 0.29) is 12.5 Å². The van der Waals surface area contributed by atoms with Gasteiger partial charge in [-0.15, -0.1) is 6.58 Å². The van der Waals surface area contributed by atoms with Crippen molar-refractivity contribution >= 4 is 11.6 Å². The molecule has 0 heterocycles. The Balaban J connectivity index is 2.75. The van der Waals surface area contributed by atoms with Crippen molar-refractivity contribution in [2.24, 2.45) is 0 Å². The van der Waals surface area contributed by atoms with E-state index in [1.807, 2.05) is 0 Å². The van der Waals surface area contributed by atoms with E-state index in [1.54, 1.807) is 37.4 Å². The zero-order valence-corrected chi connectivity index (χ0v) is 9.81. The highest BCUT2D eigenvalue weighted by atomic mass is 16.2. The first-order valence-electron chi connectivity index (χ1n) is 5.28. The molecule has 1 amide bonds. The predicted molar refractivity (Wildman–Crippen MR) is 67.6 cm³/mol. The van der Waals surface area contributed by atoms with Crippen LogP contribution in [-0.4, -0.2) is 26.0 Å². The second-order valence-electron chi connectivity index (χ2n) is 3.50. The van der Waals surface area contributed by atoms with E-state index in [0.717, 1.165) is 0 Å². The van der Waals surface area contributed by atoms with Crippen molar-refractivity contribution in [3.8, 4) is 6.07 Å². The van der Waals surface area contributed by atoms with Gasteiger partial charge < -0.3 is 10.2 Å². The van der Waals surface area contributed by atoms with E-state index in [4.69, 9.17) is 5.26 Å². The minimum atomic E-state index is -0.0884. The molecule has 17 heavy (non-hydrogen) atoms. The Bertz CT molecular complexity index is 448. The van der Waals surface area contributed by atoms with Crippen LogP contribution in [-0.2, 0) is 4.79 Å². The molecule has 0 radical (unpaired) electrons. The molecule has 4 nitrogen and oxygen atoms in total. The molecule has 0 unspecified atom stereocenters. The third-order valence-electron chi connectivity index (χ3n) is 2.32. The van der Waals surface area contributed by atoms with E-state index in [9.17, 15) is 4.79 Å². The molecule has 1 N–H and O–H groups in total. The number of rotatable bonds is 5. The molecule has 88 valence electrons. The molecule has 4 heteroatoms. The molecule has 0 fully saturated rings. The second kappa shape index (κ2) is 6.46. The van der Waals surface area contributed by atoms with E-state index >= 15 is 0 Å². The summed E-state index contributed by atoms with van der Waals surface area (Å²) in [6.07, 6.45) is 1.69. The minimum absolute atomic E-state index is 0.0884. The lowest BCUT2D eigenvalue weighted by molar-refractivity contribution is -0.117. The number of benzene rings is 1. The third-order valence-corrected chi connectivity index (χ3v) is 2.32. The van der Waals surface area contributed by atoms with Gasteiger partial charge in [-0.05, 0) is 12.1 Å².